The van der Waals surface area contributed by atoms with Crippen molar-refractivity contribution < 1.29 is 4.79 Å². The first-order chi connectivity index (χ1) is 15.6. The molecule has 0 aliphatic carbocycles. The largest absolute Gasteiger partial charge is 0.378 e. The van der Waals surface area contributed by atoms with Gasteiger partial charge in [0.1, 0.15) is 0 Å². The number of halogens is 2. The van der Waals surface area contributed by atoms with E-state index in [1.807, 2.05) is 83.4 Å². The number of nitrogens with zero attached hydrogens (tertiary/aromatic N) is 3. The Bertz CT molecular complexity index is 1200. The second-order valence-corrected chi connectivity index (χ2v) is 9.07. The molecule has 1 aromatic heterocycles. The van der Waals surface area contributed by atoms with Gasteiger partial charge in [-0.15, -0.1) is 10.2 Å². The maximum atomic E-state index is 12.4. The molecule has 0 bridgehead atoms. The van der Waals surface area contributed by atoms with Crippen LogP contribution in [0.15, 0.2) is 88.5 Å². The highest BCUT2D eigenvalue weighted by molar-refractivity contribution is 9.10. The molecule has 3 aromatic carbocycles. The number of hydrogen-bond acceptors (Lipinski definition) is 5. The minimum atomic E-state index is -0.112. The summed E-state index contributed by atoms with van der Waals surface area (Å²) in [6.07, 6.45) is 0. The third kappa shape index (κ3) is 5.91. The Hall–Kier alpha value is -2.81. The fraction of sp³-hybridized carbons (Fsp3) is 0.0870. The van der Waals surface area contributed by atoms with E-state index < -0.39 is 0 Å². The van der Waals surface area contributed by atoms with Crippen molar-refractivity contribution in [1.29, 1.82) is 0 Å². The number of amides is 1. The molecule has 0 unspecified atom stereocenters. The molecule has 0 saturated heterocycles. The van der Waals surface area contributed by atoms with Crippen molar-refractivity contribution in [2.75, 3.05) is 16.4 Å². The van der Waals surface area contributed by atoms with Gasteiger partial charge in [0.15, 0.2) is 11.0 Å². The highest BCUT2D eigenvalue weighted by Crippen LogP contribution is 2.24. The molecule has 4 rings (SSSR count). The monoisotopic (exact) mass is 527 g/mol. The molecule has 9 heteroatoms. The summed E-state index contributed by atoms with van der Waals surface area (Å²) in [7, 11) is 0. The van der Waals surface area contributed by atoms with Gasteiger partial charge in [-0.3, -0.25) is 9.36 Å². The number of aromatic nitrogens is 3. The maximum absolute atomic E-state index is 12.4. The second-order valence-electron chi connectivity index (χ2n) is 6.78. The maximum Gasteiger partial charge on any atom is 0.234 e. The molecular weight excluding hydrogens is 510 g/mol. The molecule has 6 nitrogen and oxygen atoms in total. The number of thioether (sulfide) groups is 1. The van der Waals surface area contributed by atoms with Gasteiger partial charge in [0.25, 0.3) is 0 Å². The highest BCUT2D eigenvalue weighted by Gasteiger charge is 2.16. The van der Waals surface area contributed by atoms with E-state index in [1.54, 1.807) is 0 Å². The number of para-hydroxylation sites is 1. The average molecular weight is 529 g/mol. The molecule has 2 N–H and O–H groups in total. The molecule has 4 aromatic rings. The van der Waals surface area contributed by atoms with Crippen LogP contribution in [0, 0.1) is 0 Å². The second kappa shape index (κ2) is 10.7. The minimum Gasteiger partial charge on any atom is -0.378 e. The molecule has 0 spiro atoms. The number of anilines is 2. The van der Waals surface area contributed by atoms with E-state index in [0.29, 0.717) is 16.7 Å². The van der Waals surface area contributed by atoms with Crippen LogP contribution in [-0.4, -0.2) is 26.4 Å². The van der Waals surface area contributed by atoms with E-state index in [0.717, 1.165) is 27.4 Å². The van der Waals surface area contributed by atoms with Gasteiger partial charge in [-0.1, -0.05) is 63.6 Å². The lowest BCUT2D eigenvalue weighted by Gasteiger charge is -2.11. The molecule has 32 heavy (non-hydrogen) atoms. The Kier molecular flexibility index (Phi) is 7.47. The molecule has 1 heterocycles. The quantitative estimate of drug-likeness (QED) is 0.273. The summed E-state index contributed by atoms with van der Waals surface area (Å²) in [5.74, 6) is 0.827. The van der Waals surface area contributed by atoms with Gasteiger partial charge in [-0.25, -0.2) is 0 Å². The predicted molar refractivity (Wildman–Crippen MR) is 134 cm³/mol. The summed E-state index contributed by atoms with van der Waals surface area (Å²) >= 11 is 10.8. The smallest absolute Gasteiger partial charge is 0.234 e. The van der Waals surface area contributed by atoms with Crippen molar-refractivity contribution in [1.82, 2.24) is 14.8 Å². The summed E-state index contributed by atoms with van der Waals surface area (Å²) in [6, 6.07) is 24.8. The van der Waals surface area contributed by atoms with Crippen molar-refractivity contribution in [3.63, 3.8) is 0 Å². The van der Waals surface area contributed by atoms with E-state index in [2.05, 4.69) is 36.8 Å². The number of carbonyl (C=O) groups excluding carboxylic acids is 1. The Balaban J connectivity index is 1.48. The fourth-order valence-electron chi connectivity index (χ4n) is 2.98. The van der Waals surface area contributed by atoms with Gasteiger partial charge in [-0.2, -0.15) is 0 Å². The molecule has 0 aliphatic heterocycles. The lowest BCUT2D eigenvalue weighted by atomic mass is 10.3. The van der Waals surface area contributed by atoms with Gasteiger partial charge in [0.05, 0.1) is 12.3 Å². The zero-order valence-corrected chi connectivity index (χ0v) is 20.0. The summed E-state index contributed by atoms with van der Waals surface area (Å²) in [4.78, 5) is 12.4. The molecule has 162 valence electrons. The van der Waals surface area contributed by atoms with Crippen LogP contribution in [0.3, 0.4) is 0 Å². The molecule has 0 saturated carbocycles. The van der Waals surface area contributed by atoms with Gasteiger partial charge in [-0.05, 0) is 54.6 Å². The van der Waals surface area contributed by atoms with Crippen LogP contribution in [0.2, 0.25) is 5.02 Å². The topological polar surface area (TPSA) is 71.8 Å². The SMILES string of the molecule is O=C(CSc1nnc(CNc2cccc(Cl)c2)n1-c1ccccc1)Nc1ccc(Br)cc1. The molecule has 0 aliphatic rings. The molecule has 0 atom stereocenters. The van der Waals surface area contributed by atoms with E-state index in [1.165, 1.54) is 11.8 Å². The van der Waals surface area contributed by atoms with Gasteiger partial charge in [0.2, 0.25) is 5.91 Å². The van der Waals surface area contributed by atoms with Crippen molar-refractivity contribution in [2.45, 2.75) is 11.7 Å². The average Bonchev–Trinajstić information content (AvgIpc) is 3.21. The van der Waals surface area contributed by atoms with Crippen LogP contribution in [-0.2, 0) is 11.3 Å². The standard InChI is InChI=1S/C23H19BrClN5OS/c24-16-9-11-18(12-10-16)27-22(31)15-32-23-29-28-21(30(23)20-7-2-1-3-8-20)14-26-19-6-4-5-17(25)13-19/h1-13,26H,14-15H2,(H,27,31). The predicted octanol–water partition coefficient (Wildman–Crippen LogP) is 6.03. The van der Waals surface area contributed by atoms with Crippen LogP contribution in [0.4, 0.5) is 11.4 Å². The summed E-state index contributed by atoms with van der Waals surface area (Å²) in [5.41, 5.74) is 2.56. The zero-order chi connectivity index (χ0) is 22.3. The lowest BCUT2D eigenvalue weighted by Crippen LogP contribution is -2.14. The van der Waals surface area contributed by atoms with Gasteiger partial charge >= 0.3 is 0 Å². The Morgan fingerprint density at radius 3 is 2.50 bits per heavy atom. The summed E-state index contributed by atoms with van der Waals surface area (Å²) in [5, 5.41) is 16.2. The van der Waals surface area contributed by atoms with E-state index in [4.69, 9.17) is 11.6 Å². The van der Waals surface area contributed by atoms with Crippen molar-refractivity contribution >= 4 is 56.6 Å². The first-order valence-corrected chi connectivity index (χ1v) is 11.9. The number of hydrogen-bond donors (Lipinski definition) is 2. The Morgan fingerprint density at radius 1 is 0.969 bits per heavy atom. The van der Waals surface area contributed by atoms with Crippen molar-refractivity contribution in [3.05, 3.63) is 94.2 Å². The van der Waals surface area contributed by atoms with Crippen molar-refractivity contribution in [3.8, 4) is 5.69 Å². The van der Waals surface area contributed by atoms with Crippen molar-refractivity contribution in [2.24, 2.45) is 0 Å². The van der Waals surface area contributed by atoms with Crippen LogP contribution in [0.25, 0.3) is 5.69 Å². The number of rotatable bonds is 8. The fourth-order valence-corrected chi connectivity index (χ4v) is 4.21. The normalized spacial score (nSPS) is 10.7. The zero-order valence-electron chi connectivity index (χ0n) is 16.8. The van der Waals surface area contributed by atoms with Crippen LogP contribution >= 0.6 is 39.3 Å². The highest BCUT2D eigenvalue weighted by atomic mass is 79.9. The first-order valence-electron chi connectivity index (χ1n) is 9.76. The number of carbonyl (C=O) groups is 1. The van der Waals surface area contributed by atoms with Gasteiger partial charge < -0.3 is 10.6 Å². The third-order valence-corrected chi connectivity index (χ3v) is 6.14. The molecule has 1 amide bonds. The van der Waals surface area contributed by atoms with E-state index in [-0.39, 0.29) is 11.7 Å². The third-order valence-electron chi connectivity index (χ3n) is 4.45. The Morgan fingerprint density at radius 2 is 1.75 bits per heavy atom. The molecule has 0 fully saturated rings. The summed E-state index contributed by atoms with van der Waals surface area (Å²) < 4.78 is 2.91. The van der Waals surface area contributed by atoms with E-state index >= 15 is 0 Å². The Labute approximate surface area is 203 Å². The lowest BCUT2D eigenvalue weighted by molar-refractivity contribution is -0.113. The number of nitrogens with one attached hydrogen (secondary N) is 2. The first kappa shape index (κ1) is 22.4. The minimum absolute atomic E-state index is 0.112. The van der Waals surface area contributed by atoms with Gasteiger partial charge in [0, 0.05) is 26.6 Å². The molecular formula is C23H19BrClN5OS. The van der Waals surface area contributed by atoms with Crippen LogP contribution in [0.1, 0.15) is 5.82 Å². The summed E-state index contributed by atoms with van der Waals surface area (Å²) in [6.45, 7) is 0.452. The van der Waals surface area contributed by atoms with Crippen LogP contribution in [0.5, 0.6) is 0 Å². The molecule has 0 radical (unpaired) electrons. The van der Waals surface area contributed by atoms with E-state index in [9.17, 15) is 4.79 Å². The van der Waals surface area contributed by atoms with Crippen LogP contribution < -0.4 is 10.6 Å². The number of benzene rings is 3.